The molecule has 2 N–H and O–H groups in total. The van der Waals surface area contributed by atoms with Crippen molar-refractivity contribution in [3.8, 4) is 0 Å². The predicted molar refractivity (Wildman–Crippen MR) is 67.3 cm³/mol. The summed E-state index contributed by atoms with van der Waals surface area (Å²) in [6, 6.07) is 4.59. The van der Waals surface area contributed by atoms with Crippen molar-refractivity contribution in [3.05, 3.63) is 28.8 Å². The average molecular weight is 269 g/mol. The van der Waals surface area contributed by atoms with Crippen molar-refractivity contribution in [1.29, 1.82) is 0 Å². The molecule has 2 rings (SSSR count). The first-order valence-corrected chi connectivity index (χ1v) is 5.90. The van der Waals surface area contributed by atoms with Crippen molar-refractivity contribution in [1.82, 2.24) is 5.32 Å². The molecule has 1 fully saturated rings. The minimum atomic E-state index is -0.458. The lowest BCUT2D eigenvalue weighted by atomic mass is 10.1. The molecule has 1 unspecified atom stereocenters. The third-order valence-corrected chi connectivity index (χ3v) is 3.23. The number of halogens is 1. The number of nitrogens with one attached hydrogen (secondary N) is 1. The van der Waals surface area contributed by atoms with Gasteiger partial charge in [-0.1, -0.05) is 17.7 Å². The molecule has 1 aromatic carbocycles. The zero-order valence-electron chi connectivity index (χ0n) is 9.81. The molecule has 5 nitrogen and oxygen atoms in total. The van der Waals surface area contributed by atoms with Crippen LogP contribution in [0.2, 0.25) is 5.02 Å². The lowest BCUT2D eigenvalue weighted by Crippen LogP contribution is -2.57. The molecule has 1 heterocycles. The molecule has 2 amide bonds. The summed E-state index contributed by atoms with van der Waals surface area (Å²) in [5, 5.41) is 11.7. The number of hydrogen-bond acceptors (Lipinski definition) is 4. The van der Waals surface area contributed by atoms with E-state index < -0.39 is 6.04 Å². The highest BCUT2D eigenvalue weighted by molar-refractivity contribution is 6.33. The number of anilines is 1. The number of nitrogens with zero attached hydrogens (tertiary/aromatic N) is 1. The zero-order valence-corrected chi connectivity index (χ0v) is 10.6. The molecule has 1 atom stereocenters. The third-order valence-electron chi connectivity index (χ3n) is 2.93. The van der Waals surface area contributed by atoms with Gasteiger partial charge in [-0.05, 0) is 24.6 Å². The first-order chi connectivity index (χ1) is 8.52. The minimum absolute atomic E-state index is 0.0884. The van der Waals surface area contributed by atoms with E-state index in [1.807, 2.05) is 0 Å². The lowest BCUT2D eigenvalue weighted by molar-refractivity contribution is -0.132. The highest BCUT2D eigenvalue weighted by atomic mass is 35.5. The number of carbonyl (C=O) groups excluding carboxylic acids is 2. The van der Waals surface area contributed by atoms with Gasteiger partial charge in [-0.2, -0.15) is 0 Å². The second-order valence-corrected chi connectivity index (χ2v) is 4.57. The van der Waals surface area contributed by atoms with Gasteiger partial charge in [-0.15, -0.1) is 0 Å². The fraction of sp³-hybridized carbons (Fsp3) is 0.333. The predicted octanol–water partition coefficient (Wildman–Crippen LogP) is 0.684. The minimum Gasteiger partial charge on any atom is -0.392 e. The first-order valence-electron chi connectivity index (χ1n) is 5.52. The largest absolute Gasteiger partial charge is 0.392 e. The molecule has 0 aliphatic carbocycles. The molecule has 96 valence electrons. The number of imide groups is 1. The highest BCUT2D eigenvalue weighted by Gasteiger charge is 2.31. The number of benzene rings is 1. The maximum Gasteiger partial charge on any atom is 0.249 e. The quantitative estimate of drug-likeness (QED) is 0.774. The average Bonchev–Trinajstić information content (AvgIpc) is 2.34. The Labute approximate surface area is 109 Å². The number of rotatable bonds is 2. The molecular formula is C12H13ClN2O3. The fourth-order valence-electron chi connectivity index (χ4n) is 1.89. The summed E-state index contributed by atoms with van der Waals surface area (Å²) < 4.78 is 0. The molecule has 0 radical (unpaired) electrons. The Bertz CT molecular complexity index is 504. The Morgan fingerprint density at radius 2 is 2.22 bits per heavy atom. The molecule has 1 aromatic rings. The van der Waals surface area contributed by atoms with Crippen LogP contribution < -0.4 is 10.2 Å². The van der Waals surface area contributed by atoms with Crippen LogP contribution >= 0.6 is 11.6 Å². The Hall–Kier alpha value is -1.59. The van der Waals surface area contributed by atoms with Crippen LogP contribution in [0.1, 0.15) is 12.5 Å². The van der Waals surface area contributed by atoms with E-state index in [2.05, 4.69) is 5.32 Å². The maximum absolute atomic E-state index is 11.6. The van der Waals surface area contributed by atoms with Gasteiger partial charge in [0.05, 0.1) is 23.9 Å². The smallest absolute Gasteiger partial charge is 0.249 e. The summed E-state index contributed by atoms with van der Waals surface area (Å²) in [4.78, 5) is 24.6. The number of hydrogen-bond donors (Lipinski definition) is 2. The Kier molecular flexibility index (Phi) is 3.54. The zero-order chi connectivity index (χ0) is 13.3. The molecule has 0 bridgehead atoms. The second-order valence-electron chi connectivity index (χ2n) is 4.16. The molecule has 6 heteroatoms. The van der Waals surface area contributed by atoms with Gasteiger partial charge in [0.2, 0.25) is 11.8 Å². The summed E-state index contributed by atoms with van der Waals surface area (Å²) in [5.74, 6) is -0.686. The molecule has 0 aromatic heterocycles. The number of aliphatic hydroxyl groups is 1. The molecular weight excluding hydrogens is 256 g/mol. The standard InChI is InChI=1S/C12H13ClN2O3/c1-7-12(18)14-11(17)5-15(7)10-3-2-8(6-16)4-9(10)13/h2-4,7,16H,5-6H2,1H3,(H,14,17,18). The van der Waals surface area contributed by atoms with Gasteiger partial charge < -0.3 is 10.0 Å². The van der Waals surface area contributed by atoms with Gasteiger partial charge in [0, 0.05) is 0 Å². The van der Waals surface area contributed by atoms with Crippen molar-refractivity contribution in [2.45, 2.75) is 19.6 Å². The van der Waals surface area contributed by atoms with E-state index >= 15 is 0 Å². The maximum atomic E-state index is 11.6. The van der Waals surface area contributed by atoms with Gasteiger partial charge in [-0.25, -0.2) is 0 Å². The molecule has 1 aliphatic rings. The van der Waals surface area contributed by atoms with E-state index in [1.165, 1.54) is 0 Å². The summed E-state index contributed by atoms with van der Waals surface area (Å²) in [7, 11) is 0. The van der Waals surface area contributed by atoms with E-state index in [-0.39, 0.29) is 25.0 Å². The first kappa shape index (κ1) is 12.9. The van der Waals surface area contributed by atoms with Crippen LogP contribution in [-0.2, 0) is 16.2 Å². The van der Waals surface area contributed by atoms with E-state index in [9.17, 15) is 9.59 Å². The third kappa shape index (κ3) is 2.32. The van der Waals surface area contributed by atoms with Gasteiger partial charge in [0.1, 0.15) is 6.04 Å². The number of carbonyl (C=O) groups is 2. The van der Waals surface area contributed by atoms with Crippen LogP contribution in [0.25, 0.3) is 0 Å². The van der Waals surface area contributed by atoms with Crippen molar-refractivity contribution in [2.75, 3.05) is 11.4 Å². The van der Waals surface area contributed by atoms with Crippen LogP contribution in [0.4, 0.5) is 5.69 Å². The number of piperazine rings is 1. The Morgan fingerprint density at radius 1 is 1.50 bits per heavy atom. The van der Waals surface area contributed by atoms with Gasteiger partial charge in [-0.3, -0.25) is 14.9 Å². The van der Waals surface area contributed by atoms with Crippen LogP contribution in [0.5, 0.6) is 0 Å². The van der Waals surface area contributed by atoms with Crippen molar-refractivity contribution in [2.24, 2.45) is 0 Å². The summed E-state index contributed by atoms with van der Waals surface area (Å²) in [6.07, 6.45) is 0. The molecule has 0 saturated carbocycles. The summed E-state index contributed by atoms with van der Waals surface area (Å²) >= 11 is 6.11. The van der Waals surface area contributed by atoms with Crippen LogP contribution in [0.15, 0.2) is 18.2 Å². The van der Waals surface area contributed by atoms with Gasteiger partial charge in [0.25, 0.3) is 0 Å². The van der Waals surface area contributed by atoms with Crippen LogP contribution in [0.3, 0.4) is 0 Å². The summed E-state index contributed by atoms with van der Waals surface area (Å²) in [6.45, 7) is 1.69. The number of aliphatic hydroxyl groups excluding tert-OH is 1. The van der Waals surface area contributed by atoms with E-state index in [0.717, 1.165) is 0 Å². The van der Waals surface area contributed by atoms with Crippen molar-refractivity contribution >= 4 is 29.1 Å². The van der Waals surface area contributed by atoms with Gasteiger partial charge in [0.15, 0.2) is 0 Å². The SMILES string of the molecule is CC1C(=O)NC(=O)CN1c1ccc(CO)cc1Cl. The fourth-order valence-corrected chi connectivity index (χ4v) is 2.20. The molecule has 1 saturated heterocycles. The van der Waals surface area contributed by atoms with E-state index in [4.69, 9.17) is 16.7 Å². The molecule has 18 heavy (non-hydrogen) atoms. The highest BCUT2D eigenvalue weighted by Crippen LogP contribution is 2.29. The Balaban J connectivity index is 2.35. The monoisotopic (exact) mass is 268 g/mol. The summed E-state index contributed by atoms with van der Waals surface area (Å²) in [5.41, 5.74) is 1.30. The van der Waals surface area contributed by atoms with Crippen molar-refractivity contribution in [3.63, 3.8) is 0 Å². The second kappa shape index (κ2) is 4.96. The van der Waals surface area contributed by atoms with Crippen molar-refractivity contribution < 1.29 is 14.7 Å². The van der Waals surface area contributed by atoms with Crippen LogP contribution in [0, 0.1) is 0 Å². The lowest BCUT2D eigenvalue weighted by Gasteiger charge is -2.34. The topological polar surface area (TPSA) is 69.6 Å². The molecule has 1 aliphatic heterocycles. The van der Waals surface area contributed by atoms with Gasteiger partial charge >= 0.3 is 0 Å². The van der Waals surface area contributed by atoms with E-state index in [1.54, 1.807) is 30.0 Å². The van der Waals surface area contributed by atoms with E-state index in [0.29, 0.717) is 16.3 Å². The normalized spacial score (nSPS) is 19.9. The van der Waals surface area contributed by atoms with Crippen LogP contribution in [-0.4, -0.2) is 29.5 Å². The Morgan fingerprint density at radius 3 is 2.83 bits per heavy atom. The molecule has 0 spiro atoms. The number of amides is 2.